The van der Waals surface area contributed by atoms with Crippen LogP contribution in [-0.4, -0.2) is 23.5 Å². The van der Waals surface area contributed by atoms with Crippen molar-refractivity contribution < 1.29 is 88.1 Å². The van der Waals surface area contributed by atoms with E-state index in [-0.39, 0.29) is 71.0 Å². The molecule has 38 heavy (non-hydrogen) atoms. The Hall–Kier alpha value is -1.87. The third kappa shape index (κ3) is 7.84. The van der Waals surface area contributed by atoms with Crippen LogP contribution in [0.5, 0.6) is 5.75 Å². The second kappa shape index (κ2) is 14.0. The summed E-state index contributed by atoms with van der Waals surface area (Å²) >= 11 is 0. The average Bonchev–Trinajstić information content (AvgIpc) is 3.25. The van der Waals surface area contributed by atoms with E-state index in [1.807, 2.05) is 42.5 Å². The fourth-order valence-corrected chi connectivity index (χ4v) is 4.20. The van der Waals surface area contributed by atoms with Gasteiger partial charge in [0.2, 0.25) is 5.89 Å². The number of carbonyl (C=O) groups excluding carboxylic acids is 2. The molecule has 0 radical (unpaired) electrons. The minimum Gasteiger partial charge on any atom is -0.549 e. The smallest absolute Gasteiger partial charge is 0.549 e. The van der Waals surface area contributed by atoms with Crippen LogP contribution in [0.1, 0.15) is 52.0 Å². The van der Waals surface area contributed by atoms with Gasteiger partial charge in [0.05, 0.1) is 18.5 Å². The van der Waals surface area contributed by atoms with Gasteiger partial charge in [-0.3, -0.25) is 0 Å². The molecular weight excluding hydrogens is 504 g/mol. The predicted molar refractivity (Wildman–Crippen MR) is 133 cm³/mol. The number of unbranched alkanes of at least 4 members (excludes halogenated alkanes) is 2. The maximum Gasteiger partial charge on any atom is 1.00 e. The number of fused-ring (bicyclic) bond motifs is 2. The fraction of sp³-hybridized carbons (Fsp3) is 0.345. The Labute approximate surface area is 266 Å². The molecule has 0 aliphatic rings. The van der Waals surface area contributed by atoms with E-state index in [0.29, 0.717) is 31.8 Å². The zero-order valence-electron chi connectivity index (χ0n) is 22.7. The number of carbonyl (C=O) groups is 2. The van der Waals surface area contributed by atoms with Crippen LogP contribution in [0, 0.1) is 5.92 Å². The minimum absolute atomic E-state index is 0. The zero-order valence-corrected chi connectivity index (χ0v) is 26.7. The molecule has 0 aliphatic carbocycles. The van der Waals surface area contributed by atoms with E-state index in [2.05, 4.69) is 32.9 Å². The molecule has 0 bridgehead atoms. The molecule has 0 aliphatic heterocycles. The largest absolute Gasteiger partial charge is 1.00 e. The Morgan fingerprint density at radius 1 is 0.947 bits per heavy atom. The molecule has 0 unspecified atom stereocenters. The number of rotatable bonds is 10. The van der Waals surface area contributed by atoms with Gasteiger partial charge in [-0.15, -0.1) is 0 Å². The molecule has 1 aromatic heterocycles. The molecule has 0 fully saturated rings. The van der Waals surface area contributed by atoms with Gasteiger partial charge in [0, 0.05) is 11.5 Å². The summed E-state index contributed by atoms with van der Waals surface area (Å²) in [5.74, 6) is -3.48. The van der Waals surface area contributed by atoms with E-state index in [1.54, 1.807) is 0 Å². The van der Waals surface area contributed by atoms with E-state index < -0.39 is 17.9 Å². The zero-order chi connectivity index (χ0) is 25.9. The summed E-state index contributed by atoms with van der Waals surface area (Å²) < 4.78 is 11.9. The monoisotopic (exact) mass is 533 g/mol. The number of hydrogen-bond acceptors (Lipinski definition) is 7. The van der Waals surface area contributed by atoms with Crippen molar-refractivity contribution in [1.82, 2.24) is 4.98 Å². The van der Waals surface area contributed by atoms with Crippen molar-refractivity contribution in [2.24, 2.45) is 5.92 Å². The normalized spacial score (nSPS) is 11.3. The first-order valence-corrected chi connectivity index (χ1v) is 12.1. The summed E-state index contributed by atoms with van der Waals surface area (Å²) in [6.07, 6.45) is 1.75. The van der Waals surface area contributed by atoms with Crippen molar-refractivity contribution in [1.29, 1.82) is 0 Å². The molecule has 0 saturated heterocycles. The number of hydrogen-bond donors (Lipinski definition) is 0. The van der Waals surface area contributed by atoms with E-state index in [1.165, 1.54) is 5.56 Å². The second-order valence-electron chi connectivity index (χ2n) is 10.0. The first-order valence-electron chi connectivity index (χ1n) is 12.1. The number of nitrogens with zero attached hydrogens (tertiary/aromatic N) is 1. The average molecular weight is 534 g/mol. The van der Waals surface area contributed by atoms with Crippen molar-refractivity contribution in [3.05, 3.63) is 60.2 Å². The van der Waals surface area contributed by atoms with Crippen molar-refractivity contribution in [3.63, 3.8) is 0 Å². The molecule has 0 spiro atoms. The molecule has 0 saturated carbocycles. The van der Waals surface area contributed by atoms with E-state index in [9.17, 15) is 19.8 Å². The summed E-state index contributed by atoms with van der Waals surface area (Å²) in [5.41, 5.74) is 3.72. The summed E-state index contributed by atoms with van der Waals surface area (Å²) in [5, 5.41) is 23.6. The van der Waals surface area contributed by atoms with E-state index in [0.717, 1.165) is 33.2 Å². The van der Waals surface area contributed by atoms with E-state index in [4.69, 9.17) is 14.1 Å². The molecule has 4 aromatic rings. The summed E-state index contributed by atoms with van der Waals surface area (Å²) in [7, 11) is 0. The van der Waals surface area contributed by atoms with Crippen LogP contribution < -0.4 is 74.1 Å². The first kappa shape index (κ1) is 32.3. The maximum absolute atomic E-state index is 10.8. The van der Waals surface area contributed by atoms with E-state index >= 15 is 0 Å². The van der Waals surface area contributed by atoms with Crippen molar-refractivity contribution >= 4 is 33.8 Å². The quantitative estimate of drug-likeness (QED) is 0.132. The van der Waals surface area contributed by atoms with Gasteiger partial charge in [-0.1, -0.05) is 51.8 Å². The predicted octanol–water partition coefficient (Wildman–Crippen LogP) is -1.99. The molecule has 188 valence electrons. The van der Waals surface area contributed by atoms with Crippen LogP contribution in [0.25, 0.3) is 33.3 Å². The van der Waals surface area contributed by atoms with Crippen molar-refractivity contribution in [2.75, 3.05) is 6.61 Å². The SMILES string of the molecule is CC(C)(C)c1ccc2oc(-c3cccc4cc(OCCCCCC(C(=O)[O-])C(=O)[O-])ccc34)nc2c1.[Na+].[Na+]. The summed E-state index contributed by atoms with van der Waals surface area (Å²) in [6, 6.07) is 17.9. The van der Waals surface area contributed by atoms with Crippen molar-refractivity contribution in [3.8, 4) is 17.2 Å². The number of carboxylic acid groups (broad SMARTS) is 2. The summed E-state index contributed by atoms with van der Waals surface area (Å²) in [6.45, 7) is 6.95. The molecule has 3 aromatic carbocycles. The first-order chi connectivity index (χ1) is 17.1. The van der Waals surface area contributed by atoms with Crippen LogP contribution >= 0.6 is 0 Å². The number of benzene rings is 3. The third-order valence-corrected chi connectivity index (χ3v) is 6.31. The van der Waals surface area contributed by atoms with Crippen LogP contribution in [-0.2, 0) is 15.0 Å². The molecule has 0 amide bonds. The van der Waals surface area contributed by atoms with Gasteiger partial charge in [-0.2, -0.15) is 0 Å². The Bertz CT molecular complexity index is 1400. The molecule has 0 N–H and O–H groups in total. The van der Waals surface area contributed by atoms with Crippen LogP contribution in [0.3, 0.4) is 0 Å². The number of ether oxygens (including phenoxy) is 1. The Kier molecular flexibility index (Phi) is 11.9. The molecule has 0 atom stereocenters. The van der Waals surface area contributed by atoms with Gasteiger partial charge in [0.25, 0.3) is 0 Å². The fourth-order valence-electron chi connectivity index (χ4n) is 4.20. The molecule has 1 heterocycles. The van der Waals surface area contributed by atoms with Crippen LogP contribution in [0.2, 0.25) is 0 Å². The Morgan fingerprint density at radius 2 is 1.68 bits per heavy atom. The minimum atomic E-state index is -1.60. The van der Waals surface area contributed by atoms with Gasteiger partial charge in [-0.25, -0.2) is 4.98 Å². The molecular formula is C29H29NNa2O6. The third-order valence-electron chi connectivity index (χ3n) is 6.31. The number of oxazole rings is 1. The van der Waals surface area contributed by atoms with Gasteiger partial charge in [0.15, 0.2) is 5.58 Å². The van der Waals surface area contributed by atoms with Crippen LogP contribution in [0.4, 0.5) is 0 Å². The van der Waals surface area contributed by atoms with Gasteiger partial charge >= 0.3 is 59.1 Å². The Balaban J connectivity index is 0.00000253. The van der Waals surface area contributed by atoms with Gasteiger partial charge < -0.3 is 29.0 Å². The topological polar surface area (TPSA) is 116 Å². The molecule has 7 nitrogen and oxygen atoms in total. The molecule has 9 heteroatoms. The Morgan fingerprint density at radius 3 is 2.37 bits per heavy atom. The summed E-state index contributed by atoms with van der Waals surface area (Å²) in [4.78, 5) is 26.4. The van der Waals surface area contributed by atoms with Crippen molar-refractivity contribution in [2.45, 2.75) is 51.9 Å². The van der Waals surface area contributed by atoms with Crippen LogP contribution in [0.15, 0.2) is 59.0 Å². The number of aliphatic carboxylic acids is 2. The number of aromatic nitrogens is 1. The van der Waals surface area contributed by atoms with Gasteiger partial charge in [0.1, 0.15) is 11.3 Å². The standard InChI is InChI=1S/C29H31NO6.2Na/c1-29(2,3)19-11-14-25-24(17-19)30-26(36-25)22-10-7-8-18-16-20(12-13-21(18)22)35-15-6-4-5-9-23(27(31)32)28(33)34;;/h7-8,10-14,16-17,23H,4-6,9,15H2,1-3H3,(H,31,32)(H,33,34);;/q;2*+1/p-2. The number of carboxylic acids is 2. The second-order valence-corrected chi connectivity index (χ2v) is 10.0. The van der Waals surface area contributed by atoms with Gasteiger partial charge in [-0.05, 0) is 71.0 Å². The maximum atomic E-state index is 10.8. The molecule has 4 rings (SSSR count).